The lowest BCUT2D eigenvalue weighted by Crippen LogP contribution is -2.37. The molecule has 0 atom stereocenters. The highest BCUT2D eigenvalue weighted by atomic mass is 35.5. The normalized spacial score (nSPS) is 14.9. The molecule has 0 unspecified atom stereocenters. The summed E-state index contributed by atoms with van der Waals surface area (Å²) in [6, 6.07) is 3.68. The van der Waals surface area contributed by atoms with Crippen molar-refractivity contribution >= 4 is 23.1 Å². The van der Waals surface area contributed by atoms with Gasteiger partial charge in [0.15, 0.2) is 5.15 Å². The number of hydrogen-bond acceptors (Lipinski definition) is 4. The number of hydrogen-bond donors (Lipinski definition) is 0. The third-order valence-corrected chi connectivity index (χ3v) is 4.47. The highest BCUT2D eigenvalue weighted by Crippen LogP contribution is 2.26. The van der Waals surface area contributed by atoms with Crippen LogP contribution in [0.25, 0.3) is 11.3 Å². The van der Waals surface area contributed by atoms with E-state index in [1.807, 2.05) is 37.8 Å². The van der Waals surface area contributed by atoms with Crippen LogP contribution in [0.4, 0.5) is 0 Å². The minimum absolute atomic E-state index is 0.0234. The molecule has 0 radical (unpaired) electrons. The molecule has 6 nitrogen and oxygen atoms in total. The van der Waals surface area contributed by atoms with E-state index in [0.29, 0.717) is 23.9 Å². The van der Waals surface area contributed by atoms with Crippen molar-refractivity contribution in [1.82, 2.24) is 24.9 Å². The summed E-state index contributed by atoms with van der Waals surface area (Å²) in [6.45, 7) is 7.14. The summed E-state index contributed by atoms with van der Waals surface area (Å²) in [7, 11) is 0. The largest absolute Gasteiger partial charge is 0.338 e. The topological polar surface area (TPSA) is 63.9 Å². The fourth-order valence-electron chi connectivity index (χ4n) is 2.84. The first kappa shape index (κ1) is 16.6. The molecule has 2 aromatic rings. The summed E-state index contributed by atoms with van der Waals surface area (Å²) >= 11 is 6.15. The fourth-order valence-corrected chi connectivity index (χ4v) is 3.04. The van der Waals surface area contributed by atoms with E-state index in [9.17, 15) is 4.79 Å². The molecular formula is C17H20ClN5O. The molecule has 2 aromatic heterocycles. The van der Waals surface area contributed by atoms with Gasteiger partial charge in [0.2, 0.25) is 5.91 Å². The number of halogens is 1. The number of aromatic nitrogens is 4. The number of carbonyl (C=O) groups excluding carboxylic acids is 1. The third-order valence-electron chi connectivity index (χ3n) is 4.18. The Morgan fingerprint density at radius 1 is 1.38 bits per heavy atom. The van der Waals surface area contributed by atoms with E-state index in [4.69, 9.17) is 11.6 Å². The zero-order valence-electron chi connectivity index (χ0n) is 14.0. The van der Waals surface area contributed by atoms with Crippen LogP contribution >= 0.6 is 11.6 Å². The maximum absolute atomic E-state index is 12.1. The van der Waals surface area contributed by atoms with Gasteiger partial charge in [-0.05, 0) is 31.1 Å². The zero-order chi connectivity index (χ0) is 17.3. The van der Waals surface area contributed by atoms with Crippen LogP contribution in [0.3, 0.4) is 0 Å². The Morgan fingerprint density at radius 3 is 2.79 bits per heavy atom. The summed E-state index contributed by atoms with van der Waals surface area (Å²) in [5.41, 5.74) is 3.60. The van der Waals surface area contributed by atoms with Crippen LogP contribution in [0, 0.1) is 12.8 Å². The monoisotopic (exact) mass is 345 g/mol. The molecule has 24 heavy (non-hydrogen) atoms. The molecule has 0 spiro atoms. The lowest BCUT2D eigenvalue weighted by molar-refractivity contribution is -0.134. The standard InChI is InChI=1S/C17H20ClN5O/c1-11(2)17(24)22-9-6-13(7-10-22)15-12(3)23(21-20-15)14-5-4-8-19-16(14)18/h4-6,8,11H,7,9-10H2,1-3H3. The van der Waals surface area contributed by atoms with Crippen molar-refractivity contribution in [1.29, 1.82) is 0 Å². The van der Waals surface area contributed by atoms with Gasteiger partial charge >= 0.3 is 0 Å². The Hall–Kier alpha value is -2.21. The van der Waals surface area contributed by atoms with Gasteiger partial charge in [0.1, 0.15) is 11.4 Å². The molecule has 0 aliphatic carbocycles. The van der Waals surface area contributed by atoms with Crippen molar-refractivity contribution in [2.75, 3.05) is 13.1 Å². The summed E-state index contributed by atoms with van der Waals surface area (Å²) in [5, 5.41) is 8.93. The predicted octanol–water partition coefficient (Wildman–Crippen LogP) is 2.90. The minimum Gasteiger partial charge on any atom is -0.338 e. The summed E-state index contributed by atoms with van der Waals surface area (Å²) in [5.74, 6) is 0.211. The minimum atomic E-state index is 0.0234. The molecule has 3 heterocycles. The fraction of sp³-hybridized carbons (Fsp3) is 0.412. The smallest absolute Gasteiger partial charge is 0.225 e. The van der Waals surface area contributed by atoms with Gasteiger partial charge in [-0.2, -0.15) is 0 Å². The first-order valence-electron chi connectivity index (χ1n) is 8.00. The van der Waals surface area contributed by atoms with Crippen LogP contribution < -0.4 is 0 Å². The molecule has 0 bridgehead atoms. The first-order valence-corrected chi connectivity index (χ1v) is 8.38. The third kappa shape index (κ3) is 3.06. The number of rotatable bonds is 3. The second-order valence-corrected chi connectivity index (χ2v) is 6.52. The molecule has 1 aliphatic rings. The molecule has 1 aliphatic heterocycles. The van der Waals surface area contributed by atoms with Gasteiger partial charge in [-0.3, -0.25) is 4.79 Å². The molecular weight excluding hydrogens is 326 g/mol. The van der Waals surface area contributed by atoms with E-state index in [0.717, 1.165) is 23.4 Å². The van der Waals surface area contributed by atoms with E-state index in [1.165, 1.54) is 0 Å². The van der Waals surface area contributed by atoms with Gasteiger partial charge in [-0.25, -0.2) is 9.67 Å². The van der Waals surface area contributed by atoms with E-state index in [2.05, 4.69) is 21.4 Å². The van der Waals surface area contributed by atoms with E-state index in [-0.39, 0.29) is 11.8 Å². The summed E-state index contributed by atoms with van der Waals surface area (Å²) < 4.78 is 1.71. The maximum atomic E-state index is 12.1. The van der Waals surface area contributed by atoms with Gasteiger partial charge in [0, 0.05) is 25.2 Å². The zero-order valence-corrected chi connectivity index (χ0v) is 14.8. The SMILES string of the molecule is Cc1c(C2=CCN(C(=O)C(C)C)CC2)nnn1-c1cccnc1Cl. The van der Waals surface area contributed by atoms with Crippen molar-refractivity contribution in [2.24, 2.45) is 5.92 Å². The molecule has 126 valence electrons. The average molecular weight is 346 g/mol. The van der Waals surface area contributed by atoms with Crippen molar-refractivity contribution < 1.29 is 4.79 Å². The Bertz CT molecular complexity index is 796. The van der Waals surface area contributed by atoms with E-state index < -0.39 is 0 Å². The quantitative estimate of drug-likeness (QED) is 0.802. The number of nitrogens with zero attached hydrogens (tertiary/aromatic N) is 5. The Morgan fingerprint density at radius 2 is 2.17 bits per heavy atom. The van der Waals surface area contributed by atoms with Crippen molar-refractivity contribution in [2.45, 2.75) is 27.2 Å². The van der Waals surface area contributed by atoms with Crippen LogP contribution in [0.5, 0.6) is 0 Å². The Labute approximate surface area is 146 Å². The van der Waals surface area contributed by atoms with Crippen molar-refractivity contribution in [3.63, 3.8) is 0 Å². The molecule has 1 amide bonds. The van der Waals surface area contributed by atoms with Crippen LogP contribution in [0.1, 0.15) is 31.7 Å². The van der Waals surface area contributed by atoms with Crippen molar-refractivity contribution in [3.8, 4) is 5.69 Å². The molecule has 0 saturated carbocycles. The highest BCUT2D eigenvalue weighted by Gasteiger charge is 2.23. The predicted molar refractivity (Wildman–Crippen MR) is 92.9 cm³/mol. The molecule has 0 fully saturated rings. The van der Waals surface area contributed by atoms with Crippen LogP contribution in [-0.2, 0) is 4.79 Å². The number of carbonyl (C=O) groups is 1. The second kappa shape index (κ2) is 6.73. The average Bonchev–Trinajstić information content (AvgIpc) is 2.96. The lowest BCUT2D eigenvalue weighted by Gasteiger charge is -2.27. The molecule has 3 rings (SSSR count). The highest BCUT2D eigenvalue weighted by molar-refractivity contribution is 6.31. The van der Waals surface area contributed by atoms with E-state index in [1.54, 1.807) is 10.9 Å². The molecule has 0 aromatic carbocycles. The molecule has 0 saturated heterocycles. The Kier molecular flexibility index (Phi) is 4.66. The van der Waals surface area contributed by atoms with Gasteiger partial charge in [0.25, 0.3) is 0 Å². The van der Waals surface area contributed by atoms with Gasteiger partial charge in [0.05, 0.1) is 5.69 Å². The lowest BCUT2D eigenvalue weighted by atomic mass is 10.0. The van der Waals surface area contributed by atoms with E-state index >= 15 is 0 Å². The molecule has 0 N–H and O–H groups in total. The summed E-state index contributed by atoms with van der Waals surface area (Å²) in [6.07, 6.45) is 4.48. The molecule has 7 heteroatoms. The maximum Gasteiger partial charge on any atom is 0.225 e. The summed E-state index contributed by atoms with van der Waals surface area (Å²) in [4.78, 5) is 18.0. The van der Waals surface area contributed by atoms with Gasteiger partial charge in [-0.15, -0.1) is 5.10 Å². The van der Waals surface area contributed by atoms with Crippen molar-refractivity contribution in [3.05, 3.63) is 40.9 Å². The van der Waals surface area contributed by atoms with Crippen LogP contribution in [0.2, 0.25) is 5.15 Å². The first-order chi connectivity index (χ1) is 11.5. The number of pyridine rings is 1. The van der Waals surface area contributed by atoms with Crippen LogP contribution in [0.15, 0.2) is 24.4 Å². The van der Waals surface area contributed by atoms with Crippen LogP contribution in [-0.4, -0.2) is 43.9 Å². The number of amides is 1. The second-order valence-electron chi connectivity index (χ2n) is 6.17. The Balaban J connectivity index is 1.85. The van der Waals surface area contributed by atoms with Gasteiger partial charge < -0.3 is 4.90 Å². The van der Waals surface area contributed by atoms with Gasteiger partial charge in [-0.1, -0.05) is 36.7 Å².